The van der Waals surface area contributed by atoms with Crippen LogP contribution in [0.2, 0.25) is 10.0 Å². The highest BCUT2D eigenvalue weighted by Gasteiger charge is 2.11. The molecule has 0 aliphatic heterocycles. The maximum absolute atomic E-state index is 12.2. The maximum Gasteiger partial charge on any atom is 0.266 e. The zero-order chi connectivity index (χ0) is 16.1. The van der Waals surface area contributed by atoms with Crippen molar-refractivity contribution in [2.24, 2.45) is 0 Å². The molecule has 0 fully saturated rings. The van der Waals surface area contributed by atoms with Gasteiger partial charge in [-0.05, 0) is 36.8 Å². The Labute approximate surface area is 138 Å². The number of amides is 1. The van der Waals surface area contributed by atoms with E-state index in [1.165, 1.54) is 12.1 Å². The molecule has 1 N–H and O–H groups in total. The Morgan fingerprint density at radius 2 is 2.00 bits per heavy atom. The van der Waals surface area contributed by atoms with Crippen LogP contribution in [-0.2, 0) is 4.79 Å². The highest BCUT2D eigenvalue weighted by Crippen LogP contribution is 2.26. The summed E-state index contributed by atoms with van der Waals surface area (Å²) < 4.78 is 0. The van der Waals surface area contributed by atoms with Crippen LogP contribution in [0.1, 0.15) is 11.1 Å². The summed E-state index contributed by atoms with van der Waals surface area (Å²) in [6, 6.07) is 14.1. The lowest BCUT2D eigenvalue weighted by Crippen LogP contribution is -2.13. The first-order valence-electron chi connectivity index (χ1n) is 6.44. The molecule has 2 aromatic carbocycles. The third kappa shape index (κ3) is 4.11. The molecule has 0 bridgehead atoms. The van der Waals surface area contributed by atoms with Gasteiger partial charge in [0.2, 0.25) is 0 Å². The molecule has 0 radical (unpaired) electrons. The Balaban J connectivity index is 2.26. The van der Waals surface area contributed by atoms with Gasteiger partial charge in [-0.1, -0.05) is 53.0 Å². The number of nitriles is 1. The van der Waals surface area contributed by atoms with Gasteiger partial charge in [-0.15, -0.1) is 0 Å². The van der Waals surface area contributed by atoms with E-state index in [1.54, 1.807) is 12.1 Å². The summed E-state index contributed by atoms with van der Waals surface area (Å²) in [5, 5.41) is 12.6. The summed E-state index contributed by atoms with van der Waals surface area (Å²) >= 11 is 11.9. The summed E-state index contributed by atoms with van der Waals surface area (Å²) in [7, 11) is 0. The Hall–Kier alpha value is -2.28. The van der Waals surface area contributed by atoms with E-state index in [4.69, 9.17) is 23.2 Å². The zero-order valence-electron chi connectivity index (χ0n) is 11.7. The molecule has 0 spiro atoms. The lowest BCUT2D eigenvalue weighted by Gasteiger charge is -2.07. The first kappa shape index (κ1) is 16.1. The molecule has 22 heavy (non-hydrogen) atoms. The Kier molecular flexibility index (Phi) is 5.21. The van der Waals surface area contributed by atoms with E-state index in [-0.39, 0.29) is 5.57 Å². The third-order valence-corrected chi connectivity index (χ3v) is 3.46. The molecule has 0 heterocycles. The average Bonchev–Trinajstić information content (AvgIpc) is 2.48. The van der Waals surface area contributed by atoms with Gasteiger partial charge in [0.05, 0.1) is 10.7 Å². The summed E-state index contributed by atoms with van der Waals surface area (Å²) in [6.45, 7) is 1.94. The summed E-state index contributed by atoms with van der Waals surface area (Å²) in [4.78, 5) is 12.2. The topological polar surface area (TPSA) is 52.9 Å². The van der Waals surface area contributed by atoms with Crippen molar-refractivity contribution in [2.45, 2.75) is 6.92 Å². The average molecular weight is 331 g/mol. The number of anilines is 1. The second kappa shape index (κ2) is 7.13. The molecule has 1 amide bonds. The summed E-state index contributed by atoms with van der Waals surface area (Å²) in [5.74, 6) is -0.534. The van der Waals surface area contributed by atoms with Crippen molar-refractivity contribution in [1.82, 2.24) is 0 Å². The quantitative estimate of drug-likeness (QED) is 0.646. The van der Waals surface area contributed by atoms with Gasteiger partial charge < -0.3 is 5.32 Å². The maximum atomic E-state index is 12.2. The van der Waals surface area contributed by atoms with E-state index < -0.39 is 5.91 Å². The van der Waals surface area contributed by atoms with Gasteiger partial charge in [0.25, 0.3) is 5.91 Å². The monoisotopic (exact) mass is 330 g/mol. The van der Waals surface area contributed by atoms with Crippen molar-refractivity contribution < 1.29 is 4.79 Å². The number of carbonyl (C=O) groups excluding carboxylic acids is 1. The van der Waals surface area contributed by atoms with Crippen LogP contribution in [-0.4, -0.2) is 5.91 Å². The fourth-order valence-electron chi connectivity index (χ4n) is 1.86. The zero-order valence-corrected chi connectivity index (χ0v) is 13.2. The van der Waals surface area contributed by atoms with Crippen LogP contribution in [0.15, 0.2) is 48.0 Å². The Morgan fingerprint density at radius 3 is 2.68 bits per heavy atom. The van der Waals surface area contributed by atoms with Crippen molar-refractivity contribution >= 4 is 40.9 Å². The molecule has 0 unspecified atom stereocenters. The van der Waals surface area contributed by atoms with Crippen molar-refractivity contribution in [3.05, 3.63) is 69.2 Å². The smallest absolute Gasteiger partial charge is 0.266 e. The van der Waals surface area contributed by atoms with Crippen molar-refractivity contribution in [2.75, 3.05) is 5.32 Å². The molecule has 0 aliphatic rings. The summed E-state index contributed by atoms with van der Waals surface area (Å²) in [5.41, 5.74) is 2.18. The fourth-order valence-corrected chi connectivity index (χ4v) is 2.19. The second-order valence-electron chi connectivity index (χ2n) is 4.66. The first-order valence-corrected chi connectivity index (χ1v) is 7.20. The van der Waals surface area contributed by atoms with Gasteiger partial charge in [0.1, 0.15) is 11.6 Å². The van der Waals surface area contributed by atoms with Crippen LogP contribution in [0.5, 0.6) is 0 Å². The molecule has 2 rings (SSSR count). The second-order valence-corrected chi connectivity index (χ2v) is 5.51. The number of hydrogen-bond acceptors (Lipinski definition) is 2. The van der Waals surface area contributed by atoms with Crippen LogP contribution < -0.4 is 5.32 Å². The van der Waals surface area contributed by atoms with Crippen molar-refractivity contribution in [1.29, 1.82) is 5.26 Å². The van der Waals surface area contributed by atoms with Crippen LogP contribution in [0.3, 0.4) is 0 Å². The van der Waals surface area contributed by atoms with Gasteiger partial charge in [-0.2, -0.15) is 5.26 Å². The first-order chi connectivity index (χ1) is 10.5. The van der Waals surface area contributed by atoms with Gasteiger partial charge in [0, 0.05) is 5.02 Å². The number of halogens is 2. The Morgan fingerprint density at radius 1 is 1.23 bits per heavy atom. The highest BCUT2D eigenvalue weighted by molar-refractivity contribution is 6.36. The number of hydrogen-bond donors (Lipinski definition) is 1. The van der Waals surface area contributed by atoms with Gasteiger partial charge in [0.15, 0.2) is 0 Å². The highest BCUT2D eigenvalue weighted by atomic mass is 35.5. The van der Waals surface area contributed by atoms with E-state index >= 15 is 0 Å². The Bertz CT molecular complexity index is 791. The number of carbonyl (C=O) groups is 1. The van der Waals surface area contributed by atoms with E-state index in [9.17, 15) is 10.1 Å². The van der Waals surface area contributed by atoms with Crippen LogP contribution in [0, 0.1) is 18.3 Å². The molecule has 2 aromatic rings. The minimum atomic E-state index is -0.534. The molecular formula is C17H12Cl2N2O. The number of aryl methyl sites for hydroxylation is 1. The molecule has 0 aromatic heterocycles. The molecule has 0 saturated carbocycles. The molecule has 3 nitrogen and oxygen atoms in total. The van der Waals surface area contributed by atoms with Gasteiger partial charge >= 0.3 is 0 Å². The third-order valence-electron chi connectivity index (χ3n) is 2.89. The molecular weight excluding hydrogens is 319 g/mol. The van der Waals surface area contributed by atoms with Crippen molar-refractivity contribution in [3.8, 4) is 6.07 Å². The predicted molar refractivity (Wildman–Crippen MR) is 89.9 cm³/mol. The van der Waals surface area contributed by atoms with Crippen LogP contribution in [0.4, 0.5) is 5.69 Å². The van der Waals surface area contributed by atoms with E-state index in [0.717, 1.165) is 11.1 Å². The normalized spacial score (nSPS) is 10.9. The lowest BCUT2D eigenvalue weighted by atomic mass is 10.1. The SMILES string of the molecule is Cc1cccc(/C=C(/C#N)C(=O)Nc2cc(Cl)ccc2Cl)c1. The molecule has 0 saturated heterocycles. The molecule has 0 aliphatic carbocycles. The number of benzene rings is 2. The van der Waals surface area contributed by atoms with Crippen molar-refractivity contribution in [3.63, 3.8) is 0 Å². The number of nitrogens with one attached hydrogen (secondary N) is 1. The van der Waals surface area contributed by atoms with Crippen LogP contribution >= 0.6 is 23.2 Å². The largest absolute Gasteiger partial charge is 0.320 e. The van der Waals surface area contributed by atoms with Gasteiger partial charge in [-0.25, -0.2) is 0 Å². The molecule has 5 heteroatoms. The van der Waals surface area contributed by atoms with E-state index in [1.807, 2.05) is 37.3 Å². The lowest BCUT2D eigenvalue weighted by molar-refractivity contribution is -0.112. The predicted octanol–water partition coefficient (Wildman–Crippen LogP) is 4.85. The minimum Gasteiger partial charge on any atom is -0.320 e. The van der Waals surface area contributed by atoms with Crippen LogP contribution in [0.25, 0.3) is 6.08 Å². The molecule has 0 atom stereocenters. The van der Waals surface area contributed by atoms with Gasteiger partial charge in [-0.3, -0.25) is 4.79 Å². The number of nitrogens with zero attached hydrogens (tertiary/aromatic N) is 1. The van der Waals surface area contributed by atoms with E-state index in [2.05, 4.69) is 5.32 Å². The minimum absolute atomic E-state index is 0.0124. The standard InChI is InChI=1S/C17H12Cl2N2O/c1-11-3-2-4-12(7-11)8-13(10-20)17(22)21-16-9-14(18)5-6-15(16)19/h2-9H,1H3,(H,21,22)/b13-8-. The molecule has 110 valence electrons. The fraction of sp³-hybridized carbons (Fsp3) is 0.0588. The number of rotatable bonds is 3. The summed E-state index contributed by atoms with van der Waals surface area (Å²) in [6.07, 6.45) is 1.53. The van der Waals surface area contributed by atoms with E-state index in [0.29, 0.717) is 15.7 Å².